The van der Waals surface area contributed by atoms with Gasteiger partial charge in [0.15, 0.2) is 0 Å². The zero-order chi connectivity index (χ0) is 14.7. The molecule has 0 radical (unpaired) electrons. The third-order valence-electron chi connectivity index (χ3n) is 4.11. The molecule has 1 unspecified atom stereocenters. The van der Waals surface area contributed by atoms with Gasteiger partial charge in [-0.15, -0.1) is 0 Å². The van der Waals surface area contributed by atoms with Crippen molar-refractivity contribution in [2.24, 2.45) is 0 Å². The van der Waals surface area contributed by atoms with Gasteiger partial charge in [-0.2, -0.15) is 0 Å². The monoisotopic (exact) mass is 302 g/mol. The van der Waals surface area contributed by atoms with Crippen molar-refractivity contribution in [3.63, 3.8) is 0 Å². The highest BCUT2D eigenvalue weighted by atomic mass is 35.5. The van der Waals surface area contributed by atoms with Gasteiger partial charge in [-0.1, -0.05) is 41.9 Å². The summed E-state index contributed by atoms with van der Waals surface area (Å²) in [4.78, 5) is 1.58. The van der Waals surface area contributed by atoms with Gasteiger partial charge >= 0.3 is 0 Å². The third-order valence-corrected chi connectivity index (χ3v) is 4.42. The molecule has 2 aromatic rings. The molecule has 2 aromatic carbocycles. The normalized spacial score (nSPS) is 17.3. The van der Waals surface area contributed by atoms with E-state index in [0.29, 0.717) is 11.6 Å². The molecule has 0 aliphatic carbocycles. The minimum atomic E-state index is 0.694. The Bertz CT molecular complexity index is 626. The molecule has 0 fully saturated rings. The molecule has 3 heteroatoms. The maximum absolute atomic E-state index is 6.15. The zero-order valence-corrected chi connectivity index (χ0v) is 13.1. The van der Waals surface area contributed by atoms with E-state index in [-0.39, 0.29) is 0 Å². The summed E-state index contributed by atoms with van der Waals surface area (Å²) >= 11 is 6.15. The molecule has 0 aromatic heterocycles. The molecule has 1 atom stereocenters. The second-order valence-electron chi connectivity index (χ2n) is 5.73. The second kappa shape index (κ2) is 6.50. The average Bonchev–Trinajstić information content (AvgIpc) is 2.50. The van der Waals surface area contributed by atoms with Crippen molar-refractivity contribution in [2.45, 2.75) is 19.9 Å². The van der Waals surface area contributed by atoms with E-state index in [9.17, 15) is 0 Å². The van der Waals surface area contributed by atoms with Gasteiger partial charge in [-0.05, 0) is 30.2 Å². The van der Waals surface area contributed by atoms with E-state index in [0.717, 1.165) is 25.3 Å². The predicted octanol–water partition coefficient (Wildman–Crippen LogP) is 2.67. The van der Waals surface area contributed by atoms with Gasteiger partial charge in [0.05, 0.1) is 11.6 Å². The molecule has 0 saturated carbocycles. The first-order valence-corrected chi connectivity index (χ1v) is 7.89. The summed E-state index contributed by atoms with van der Waals surface area (Å²) in [6.07, 6.45) is 1.16. The largest absolute Gasteiger partial charge is 0.486 e. The van der Waals surface area contributed by atoms with Gasteiger partial charge < -0.3 is 9.64 Å². The summed E-state index contributed by atoms with van der Waals surface area (Å²) < 4.78 is 5.86. The summed E-state index contributed by atoms with van der Waals surface area (Å²) in [5, 5.41) is 0.694. The molecule has 110 valence electrons. The Hall–Kier alpha value is -1.51. The van der Waals surface area contributed by atoms with Crippen LogP contribution >= 0.6 is 11.6 Å². The molecule has 0 bridgehead atoms. The number of benzene rings is 2. The van der Waals surface area contributed by atoms with E-state index in [1.165, 1.54) is 23.2 Å². The zero-order valence-electron chi connectivity index (χ0n) is 12.4. The minimum absolute atomic E-state index is 0.694. The third kappa shape index (κ3) is 3.58. The van der Waals surface area contributed by atoms with Gasteiger partial charge in [0.25, 0.3) is 0 Å². The van der Waals surface area contributed by atoms with Crippen molar-refractivity contribution >= 4 is 11.6 Å². The van der Waals surface area contributed by atoms with Crippen molar-refractivity contribution in [3.05, 3.63) is 64.2 Å². The van der Waals surface area contributed by atoms with E-state index < -0.39 is 0 Å². The molecule has 1 heterocycles. The van der Waals surface area contributed by atoms with E-state index in [2.05, 4.69) is 31.2 Å². The quantitative estimate of drug-likeness (QED) is 0.917. The maximum atomic E-state index is 6.15. The molecule has 0 saturated heterocycles. The molecular weight excluding hydrogens is 282 g/mol. The fraction of sp³-hybridized carbons (Fsp3) is 0.333. The van der Waals surface area contributed by atoms with Crippen molar-refractivity contribution in [1.29, 1.82) is 0 Å². The Balaban J connectivity index is 1.54. The topological polar surface area (TPSA) is 13.7 Å². The average molecular weight is 303 g/mol. The van der Waals surface area contributed by atoms with Gasteiger partial charge in [0.1, 0.15) is 25.4 Å². The molecule has 1 N–H and O–H groups in total. The van der Waals surface area contributed by atoms with E-state index in [1.807, 2.05) is 18.2 Å². The Morgan fingerprint density at radius 2 is 1.95 bits per heavy atom. The van der Waals surface area contributed by atoms with Gasteiger partial charge in [0.2, 0.25) is 0 Å². The van der Waals surface area contributed by atoms with Crippen molar-refractivity contribution in [3.8, 4) is 5.75 Å². The SMILES string of the molecule is Cc1ccc(Cl)c(OCC[NH+]2CCc3ccccc3C2)c1. The van der Waals surface area contributed by atoms with Gasteiger partial charge in [-0.3, -0.25) is 0 Å². The fourth-order valence-electron chi connectivity index (χ4n) is 2.88. The minimum Gasteiger partial charge on any atom is -0.486 e. The number of aryl methyl sites for hydroxylation is 1. The van der Waals surface area contributed by atoms with Crippen LogP contribution in [0.1, 0.15) is 16.7 Å². The van der Waals surface area contributed by atoms with Crippen molar-refractivity contribution in [2.75, 3.05) is 19.7 Å². The summed E-state index contributed by atoms with van der Waals surface area (Å²) in [5.74, 6) is 0.800. The Labute approximate surface area is 131 Å². The number of nitrogens with one attached hydrogen (secondary N) is 1. The predicted molar refractivity (Wildman–Crippen MR) is 86.2 cm³/mol. The number of hydrogen-bond acceptors (Lipinski definition) is 1. The lowest BCUT2D eigenvalue weighted by Crippen LogP contribution is -3.12. The van der Waals surface area contributed by atoms with E-state index >= 15 is 0 Å². The highest BCUT2D eigenvalue weighted by molar-refractivity contribution is 6.32. The molecular formula is C18H21ClNO+. The van der Waals surface area contributed by atoms with Crippen LogP contribution in [0.4, 0.5) is 0 Å². The highest BCUT2D eigenvalue weighted by Gasteiger charge is 2.18. The number of rotatable bonds is 4. The molecule has 3 rings (SSSR count). The van der Waals surface area contributed by atoms with Crippen LogP contribution in [0.25, 0.3) is 0 Å². The smallest absolute Gasteiger partial charge is 0.138 e. The molecule has 0 spiro atoms. The van der Waals surface area contributed by atoms with Crippen LogP contribution in [0.5, 0.6) is 5.75 Å². The summed E-state index contributed by atoms with van der Waals surface area (Å²) in [7, 11) is 0. The van der Waals surface area contributed by atoms with Crippen molar-refractivity contribution < 1.29 is 9.64 Å². The Kier molecular flexibility index (Phi) is 4.47. The van der Waals surface area contributed by atoms with Crippen molar-refractivity contribution in [1.82, 2.24) is 0 Å². The summed E-state index contributed by atoms with van der Waals surface area (Å²) in [5.41, 5.74) is 4.16. The van der Waals surface area contributed by atoms with E-state index in [4.69, 9.17) is 16.3 Å². The number of halogens is 1. The van der Waals surface area contributed by atoms with Crippen LogP contribution in [0.2, 0.25) is 5.02 Å². The maximum Gasteiger partial charge on any atom is 0.138 e. The second-order valence-corrected chi connectivity index (χ2v) is 6.14. The first-order valence-electron chi connectivity index (χ1n) is 7.51. The lowest BCUT2D eigenvalue weighted by atomic mass is 10.0. The Morgan fingerprint density at radius 3 is 2.81 bits per heavy atom. The molecule has 0 amide bonds. The summed E-state index contributed by atoms with van der Waals surface area (Å²) in [6.45, 7) is 6.05. The van der Waals surface area contributed by atoms with Crippen LogP contribution in [0, 0.1) is 6.92 Å². The van der Waals surface area contributed by atoms with E-state index in [1.54, 1.807) is 4.90 Å². The number of ether oxygens (including phenoxy) is 1. The highest BCUT2D eigenvalue weighted by Crippen LogP contribution is 2.24. The molecule has 1 aliphatic heterocycles. The Morgan fingerprint density at radius 1 is 1.14 bits per heavy atom. The lowest BCUT2D eigenvalue weighted by Gasteiger charge is -2.25. The van der Waals surface area contributed by atoms with Gasteiger partial charge in [0, 0.05) is 12.0 Å². The molecule has 1 aliphatic rings. The van der Waals surface area contributed by atoms with Crippen LogP contribution in [0.15, 0.2) is 42.5 Å². The summed E-state index contributed by atoms with van der Waals surface area (Å²) in [6, 6.07) is 14.7. The first-order chi connectivity index (χ1) is 10.2. The lowest BCUT2D eigenvalue weighted by molar-refractivity contribution is -0.915. The van der Waals surface area contributed by atoms with Crippen LogP contribution in [-0.2, 0) is 13.0 Å². The molecule has 21 heavy (non-hydrogen) atoms. The fourth-order valence-corrected chi connectivity index (χ4v) is 3.06. The van der Waals surface area contributed by atoms with Crippen LogP contribution < -0.4 is 9.64 Å². The standard InChI is InChI=1S/C18H20ClNO/c1-14-6-7-17(19)18(12-14)21-11-10-20-9-8-15-4-2-3-5-16(15)13-20/h2-7,12H,8-11,13H2,1H3/p+1. The van der Waals surface area contributed by atoms with Crippen LogP contribution in [-0.4, -0.2) is 19.7 Å². The first kappa shape index (κ1) is 14.4. The number of quaternary nitrogens is 1. The number of fused-ring (bicyclic) bond motifs is 1. The van der Waals surface area contributed by atoms with Gasteiger partial charge in [-0.25, -0.2) is 0 Å². The molecule has 2 nitrogen and oxygen atoms in total. The van der Waals surface area contributed by atoms with Crippen LogP contribution in [0.3, 0.4) is 0 Å². The number of hydrogen-bond donors (Lipinski definition) is 1.